The van der Waals surface area contributed by atoms with Crippen LogP contribution in [-0.2, 0) is 19.9 Å². The molecule has 1 saturated heterocycles. The molecule has 2 aromatic carbocycles. The number of hydrogen-bond acceptors (Lipinski definition) is 4. The number of esters is 1. The molecule has 0 radical (unpaired) electrons. The van der Waals surface area contributed by atoms with Crippen LogP contribution in [0.2, 0.25) is 0 Å². The van der Waals surface area contributed by atoms with Gasteiger partial charge in [0.2, 0.25) is 5.60 Å². The van der Waals surface area contributed by atoms with Crippen molar-refractivity contribution < 1.29 is 19.4 Å². The molecule has 1 saturated carbocycles. The lowest BCUT2D eigenvalue weighted by Crippen LogP contribution is -2.43. The van der Waals surface area contributed by atoms with Crippen molar-refractivity contribution >= 4 is 11.9 Å². The average Bonchev–Trinajstić information content (AvgIpc) is 3.01. The van der Waals surface area contributed by atoms with Crippen molar-refractivity contribution in [3.8, 4) is 0 Å². The summed E-state index contributed by atoms with van der Waals surface area (Å²) in [6, 6.07) is 17.6. The molecule has 2 aromatic rings. The summed E-state index contributed by atoms with van der Waals surface area (Å²) in [5.41, 5.74) is -0.849. The molecule has 164 valence electrons. The van der Waals surface area contributed by atoms with Crippen molar-refractivity contribution in [2.24, 2.45) is 10.8 Å². The van der Waals surface area contributed by atoms with Crippen molar-refractivity contribution in [3.63, 3.8) is 0 Å². The molecule has 31 heavy (non-hydrogen) atoms. The van der Waals surface area contributed by atoms with E-state index >= 15 is 0 Å². The van der Waals surface area contributed by atoms with Crippen molar-refractivity contribution in [1.82, 2.24) is 4.90 Å². The SMILES string of the molecule is CC1(C)C[C@@H]2C[C@@](C)(CN2C(=O)COC(=O)C(O)(c2ccccc2)c2ccccc2)C1. The van der Waals surface area contributed by atoms with Gasteiger partial charge >= 0.3 is 5.97 Å². The number of hydrogen-bond donors (Lipinski definition) is 1. The normalized spacial score (nSPS) is 24.6. The van der Waals surface area contributed by atoms with Crippen LogP contribution in [0.1, 0.15) is 51.2 Å². The maximum atomic E-state index is 13.1. The Balaban J connectivity index is 1.51. The number of rotatable bonds is 5. The predicted molar refractivity (Wildman–Crippen MR) is 118 cm³/mol. The number of ether oxygens (including phenoxy) is 1. The molecule has 0 aromatic heterocycles. The van der Waals surface area contributed by atoms with E-state index in [9.17, 15) is 14.7 Å². The van der Waals surface area contributed by atoms with Crippen LogP contribution in [0.3, 0.4) is 0 Å². The molecule has 2 fully saturated rings. The Morgan fingerprint density at radius 2 is 1.55 bits per heavy atom. The Bertz CT molecular complexity index is 916. The van der Waals surface area contributed by atoms with Crippen LogP contribution in [-0.4, -0.2) is 41.1 Å². The van der Waals surface area contributed by atoms with Gasteiger partial charge in [0, 0.05) is 12.6 Å². The van der Waals surface area contributed by atoms with E-state index < -0.39 is 11.6 Å². The minimum atomic E-state index is -1.97. The molecule has 2 atom stereocenters. The van der Waals surface area contributed by atoms with Gasteiger partial charge in [0.15, 0.2) is 6.61 Å². The van der Waals surface area contributed by atoms with E-state index in [1.165, 1.54) is 0 Å². The fourth-order valence-electron chi connectivity index (χ4n) is 5.83. The van der Waals surface area contributed by atoms with E-state index in [1.807, 2.05) is 17.0 Å². The topological polar surface area (TPSA) is 66.8 Å². The van der Waals surface area contributed by atoms with E-state index in [0.717, 1.165) is 19.3 Å². The average molecular weight is 422 g/mol. The van der Waals surface area contributed by atoms with Crippen LogP contribution in [0.15, 0.2) is 60.7 Å². The van der Waals surface area contributed by atoms with Gasteiger partial charge in [-0.2, -0.15) is 0 Å². The standard InChI is InChI=1S/C26H31NO4/c1-24(2)14-21-15-25(3,17-24)18-27(21)22(28)16-31-23(29)26(30,19-10-6-4-7-11-19)20-12-8-5-9-13-20/h4-13,21,30H,14-18H2,1-3H3/t21-,25-/m1/s1. The molecule has 0 spiro atoms. The number of amides is 1. The second-order valence-electron chi connectivity index (χ2n) is 10.3. The first-order chi connectivity index (χ1) is 14.6. The van der Waals surface area contributed by atoms with E-state index in [0.29, 0.717) is 17.7 Å². The molecule has 4 rings (SSSR count). The molecular weight excluding hydrogens is 390 g/mol. The third kappa shape index (κ3) is 4.11. The number of aliphatic hydroxyl groups is 1. The zero-order chi connectivity index (χ0) is 22.3. The lowest BCUT2D eigenvalue weighted by atomic mass is 9.65. The largest absolute Gasteiger partial charge is 0.453 e. The van der Waals surface area contributed by atoms with Crippen LogP contribution < -0.4 is 0 Å². The molecule has 2 aliphatic rings. The minimum absolute atomic E-state index is 0.112. The second kappa shape index (κ2) is 7.79. The van der Waals surface area contributed by atoms with Crippen molar-refractivity contribution in [1.29, 1.82) is 0 Å². The minimum Gasteiger partial charge on any atom is -0.453 e. The molecular formula is C26H31NO4. The number of fused-ring (bicyclic) bond motifs is 2. The quantitative estimate of drug-likeness (QED) is 0.744. The molecule has 1 N–H and O–H groups in total. The Hall–Kier alpha value is -2.66. The highest BCUT2D eigenvalue weighted by atomic mass is 16.6. The third-order valence-corrected chi connectivity index (χ3v) is 6.74. The van der Waals surface area contributed by atoms with Crippen molar-refractivity contribution in [3.05, 3.63) is 71.8 Å². The summed E-state index contributed by atoms with van der Waals surface area (Å²) < 4.78 is 5.44. The Morgan fingerprint density at radius 3 is 2.10 bits per heavy atom. The van der Waals surface area contributed by atoms with Gasteiger partial charge in [-0.15, -0.1) is 0 Å². The number of carbonyl (C=O) groups excluding carboxylic acids is 2. The zero-order valence-electron chi connectivity index (χ0n) is 18.5. The first kappa shape index (κ1) is 21.6. The second-order valence-corrected chi connectivity index (χ2v) is 10.3. The summed E-state index contributed by atoms with van der Waals surface area (Å²) in [5.74, 6) is -1.03. The van der Waals surface area contributed by atoms with Gasteiger partial charge in [-0.3, -0.25) is 4.79 Å². The zero-order valence-corrected chi connectivity index (χ0v) is 18.5. The van der Waals surface area contributed by atoms with Gasteiger partial charge in [-0.1, -0.05) is 81.4 Å². The van der Waals surface area contributed by atoms with E-state index in [2.05, 4.69) is 20.8 Å². The van der Waals surface area contributed by atoms with Gasteiger partial charge in [0.05, 0.1) is 0 Å². The lowest BCUT2D eigenvalue weighted by Gasteiger charge is -2.39. The Labute approximate surface area is 184 Å². The summed E-state index contributed by atoms with van der Waals surface area (Å²) in [6.45, 7) is 7.08. The van der Waals surface area contributed by atoms with Crippen LogP contribution in [0, 0.1) is 10.8 Å². The highest BCUT2D eigenvalue weighted by Crippen LogP contribution is 2.52. The van der Waals surface area contributed by atoms with Crippen LogP contribution >= 0.6 is 0 Å². The van der Waals surface area contributed by atoms with Crippen molar-refractivity contribution in [2.75, 3.05) is 13.2 Å². The molecule has 1 heterocycles. The number of benzene rings is 2. The molecule has 2 bridgehead atoms. The van der Waals surface area contributed by atoms with Gasteiger partial charge in [0.1, 0.15) is 0 Å². The molecule has 5 nitrogen and oxygen atoms in total. The highest BCUT2D eigenvalue weighted by Gasteiger charge is 2.51. The summed E-state index contributed by atoms with van der Waals surface area (Å²) >= 11 is 0. The summed E-state index contributed by atoms with van der Waals surface area (Å²) in [6.07, 6.45) is 3.04. The first-order valence-corrected chi connectivity index (χ1v) is 10.9. The maximum Gasteiger partial charge on any atom is 0.348 e. The van der Waals surface area contributed by atoms with Crippen LogP contribution in [0.5, 0.6) is 0 Å². The van der Waals surface area contributed by atoms with E-state index in [1.54, 1.807) is 48.5 Å². The monoisotopic (exact) mass is 421 g/mol. The molecule has 1 amide bonds. The van der Waals surface area contributed by atoms with E-state index in [4.69, 9.17) is 4.74 Å². The molecule has 0 unspecified atom stereocenters. The maximum absolute atomic E-state index is 13.1. The van der Waals surface area contributed by atoms with Crippen LogP contribution in [0.25, 0.3) is 0 Å². The van der Waals surface area contributed by atoms with Gasteiger partial charge in [0.25, 0.3) is 5.91 Å². The first-order valence-electron chi connectivity index (χ1n) is 10.9. The molecule has 5 heteroatoms. The highest BCUT2D eigenvalue weighted by molar-refractivity contribution is 5.88. The number of nitrogens with zero attached hydrogens (tertiary/aromatic N) is 1. The fraction of sp³-hybridized carbons (Fsp3) is 0.462. The fourth-order valence-corrected chi connectivity index (χ4v) is 5.83. The molecule has 1 aliphatic heterocycles. The Morgan fingerprint density at radius 1 is 1.00 bits per heavy atom. The summed E-state index contributed by atoms with van der Waals surface area (Å²) in [4.78, 5) is 28.0. The van der Waals surface area contributed by atoms with Gasteiger partial charge in [-0.25, -0.2) is 4.79 Å². The van der Waals surface area contributed by atoms with E-state index in [-0.39, 0.29) is 29.4 Å². The smallest absolute Gasteiger partial charge is 0.348 e. The van der Waals surface area contributed by atoms with Gasteiger partial charge in [-0.05, 0) is 41.2 Å². The lowest BCUT2D eigenvalue weighted by molar-refractivity contribution is -0.166. The third-order valence-electron chi connectivity index (χ3n) is 6.74. The van der Waals surface area contributed by atoms with Gasteiger partial charge < -0.3 is 14.7 Å². The number of likely N-dealkylation sites (tertiary alicyclic amines) is 1. The Kier molecular flexibility index (Phi) is 5.42. The summed E-state index contributed by atoms with van der Waals surface area (Å²) in [7, 11) is 0. The predicted octanol–water partition coefficient (Wildman–Crippen LogP) is 3.89. The van der Waals surface area contributed by atoms with Crippen LogP contribution in [0.4, 0.5) is 0 Å². The van der Waals surface area contributed by atoms with Crippen molar-refractivity contribution in [2.45, 2.75) is 51.7 Å². The number of carbonyl (C=O) groups is 2. The summed E-state index contributed by atoms with van der Waals surface area (Å²) in [5, 5.41) is 11.5. The molecule has 1 aliphatic carbocycles.